The second kappa shape index (κ2) is 11.8. The zero-order valence-corrected chi connectivity index (χ0v) is 24.0. The third-order valence-electron chi connectivity index (χ3n) is 6.93. The van der Waals surface area contributed by atoms with Crippen LogP contribution < -0.4 is 0 Å². The smallest absolute Gasteiger partial charge is 0.242 e. The highest BCUT2D eigenvalue weighted by Crippen LogP contribution is 2.44. The van der Waals surface area contributed by atoms with Crippen LogP contribution in [0.1, 0.15) is 30.0 Å². The molecule has 0 N–H and O–H groups in total. The summed E-state index contributed by atoms with van der Waals surface area (Å²) in [6.07, 6.45) is 3.67. The van der Waals surface area contributed by atoms with Crippen molar-refractivity contribution in [3.8, 4) is 0 Å². The standard InChI is InChI=1S/C30H31FN2O4S2/c1-21-27(18-22-10-13-24(14-11-22)38(4)35)26-15-12-23(31)19-29(26)28(21)20-30(34)32(2)16-17-33(3)39(36,37)25-8-6-5-7-9-25/h5-15,18-19H,16-17,20H2,1-4H3/b27-18-. The number of hydrogen-bond acceptors (Lipinski definition) is 4. The fourth-order valence-electron chi connectivity index (χ4n) is 4.50. The number of hydrogen-bond donors (Lipinski definition) is 0. The number of carbonyl (C=O) groups is 1. The summed E-state index contributed by atoms with van der Waals surface area (Å²) in [6.45, 7) is 2.26. The molecule has 4 rings (SSSR count). The zero-order valence-electron chi connectivity index (χ0n) is 22.3. The molecule has 0 saturated heterocycles. The molecule has 204 valence electrons. The zero-order chi connectivity index (χ0) is 28.3. The summed E-state index contributed by atoms with van der Waals surface area (Å²) < 4.78 is 52.8. The van der Waals surface area contributed by atoms with Gasteiger partial charge in [0, 0.05) is 49.1 Å². The molecule has 1 aliphatic rings. The first-order chi connectivity index (χ1) is 18.5. The molecule has 3 aromatic rings. The molecule has 0 radical (unpaired) electrons. The van der Waals surface area contributed by atoms with Crippen LogP contribution in [0.15, 0.2) is 88.2 Å². The summed E-state index contributed by atoms with van der Waals surface area (Å²) in [7, 11) is -1.61. The molecule has 9 heteroatoms. The summed E-state index contributed by atoms with van der Waals surface area (Å²) in [5.41, 5.74) is 4.94. The lowest BCUT2D eigenvalue weighted by Gasteiger charge is -2.22. The monoisotopic (exact) mass is 566 g/mol. The number of amides is 1. The highest BCUT2D eigenvalue weighted by Gasteiger charge is 2.27. The Hall–Kier alpha value is -3.40. The van der Waals surface area contributed by atoms with E-state index in [0.29, 0.717) is 5.56 Å². The molecule has 0 aliphatic heterocycles. The van der Waals surface area contributed by atoms with E-state index in [0.717, 1.165) is 32.7 Å². The van der Waals surface area contributed by atoms with Gasteiger partial charge >= 0.3 is 0 Å². The van der Waals surface area contributed by atoms with Crippen LogP contribution in [0.5, 0.6) is 0 Å². The highest BCUT2D eigenvalue weighted by atomic mass is 32.2. The molecule has 0 saturated carbocycles. The summed E-state index contributed by atoms with van der Waals surface area (Å²) in [5.74, 6) is -0.579. The summed E-state index contributed by atoms with van der Waals surface area (Å²) in [4.78, 5) is 15.7. The number of fused-ring (bicyclic) bond motifs is 1. The van der Waals surface area contributed by atoms with Crippen LogP contribution in [0.2, 0.25) is 0 Å². The van der Waals surface area contributed by atoms with E-state index in [2.05, 4.69) is 0 Å². The van der Waals surface area contributed by atoms with Crippen molar-refractivity contribution in [3.05, 3.63) is 101 Å². The fraction of sp³-hybridized carbons (Fsp3) is 0.233. The number of nitrogens with zero attached hydrogens (tertiary/aromatic N) is 2. The number of benzene rings is 3. The lowest BCUT2D eigenvalue weighted by atomic mass is 10.0. The second-order valence-electron chi connectivity index (χ2n) is 9.51. The molecule has 0 bridgehead atoms. The van der Waals surface area contributed by atoms with Crippen molar-refractivity contribution in [2.75, 3.05) is 33.4 Å². The third kappa shape index (κ3) is 6.27. The van der Waals surface area contributed by atoms with E-state index >= 15 is 0 Å². The molecule has 1 unspecified atom stereocenters. The van der Waals surface area contributed by atoms with Crippen molar-refractivity contribution in [1.82, 2.24) is 9.21 Å². The molecule has 0 heterocycles. The number of carbonyl (C=O) groups excluding carboxylic acids is 1. The molecule has 0 aromatic heterocycles. The second-order valence-corrected chi connectivity index (χ2v) is 12.9. The van der Waals surface area contributed by atoms with E-state index in [9.17, 15) is 21.8 Å². The van der Waals surface area contributed by atoms with Gasteiger partial charge in [0.25, 0.3) is 0 Å². The van der Waals surface area contributed by atoms with Crippen molar-refractivity contribution in [2.24, 2.45) is 0 Å². The quantitative estimate of drug-likeness (QED) is 0.363. The number of sulfonamides is 1. The van der Waals surface area contributed by atoms with Crippen LogP contribution >= 0.6 is 0 Å². The molecule has 39 heavy (non-hydrogen) atoms. The molecule has 1 atom stereocenters. The van der Waals surface area contributed by atoms with Crippen LogP contribution in [0, 0.1) is 5.82 Å². The van der Waals surface area contributed by atoms with E-state index in [1.165, 1.54) is 40.5 Å². The van der Waals surface area contributed by atoms with Crippen molar-refractivity contribution in [1.29, 1.82) is 0 Å². The molecular weight excluding hydrogens is 535 g/mol. The van der Waals surface area contributed by atoms with Crippen molar-refractivity contribution in [2.45, 2.75) is 23.1 Å². The minimum absolute atomic E-state index is 0.0546. The van der Waals surface area contributed by atoms with Gasteiger partial charge in [-0.15, -0.1) is 0 Å². The predicted octanol–water partition coefficient (Wildman–Crippen LogP) is 5.06. The largest absolute Gasteiger partial charge is 0.344 e. The van der Waals surface area contributed by atoms with Crippen molar-refractivity contribution < 1.29 is 21.8 Å². The van der Waals surface area contributed by atoms with Gasteiger partial charge in [-0.3, -0.25) is 9.00 Å². The average molecular weight is 567 g/mol. The van der Waals surface area contributed by atoms with E-state index in [1.54, 1.807) is 37.6 Å². The van der Waals surface area contributed by atoms with Crippen molar-refractivity contribution >= 4 is 44.0 Å². The maximum atomic E-state index is 14.3. The van der Waals surface area contributed by atoms with Crippen LogP contribution in [0.4, 0.5) is 4.39 Å². The van der Waals surface area contributed by atoms with Gasteiger partial charge in [0.1, 0.15) is 5.82 Å². The van der Waals surface area contributed by atoms with Crippen molar-refractivity contribution in [3.63, 3.8) is 0 Å². The van der Waals surface area contributed by atoms with Gasteiger partial charge in [-0.25, -0.2) is 12.8 Å². The lowest BCUT2D eigenvalue weighted by molar-refractivity contribution is -0.128. The van der Waals surface area contributed by atoms with Gasteiger partial charge in [0.15, 0.2) is 0 Å². The van der Waals surface area contributed by atoms with Gasteiger partial charge in [-0.2, -0.15) is 4.31 Å². The minimum Gasteiger partial charge on any atom is -0.344 e. The Morgan fingerprint density at radius 2 is 1.62 bits per heavy atom. The van der Waals surface area contributed by atoms with E-state index in [4.69, 9.17) is 0 Å². The number of allylic oxidation sites excluding steroid dienone is 2. The first-order valence-corrected chi connectivity index (χ1v) is 15.4. The summed E-state index contributed by atoms with van der Waals surface area (Å²) in [5, 5.41) is 0. The fourth-order valence-corrected chi connectivity index (χ4v) is 6.20. The Bertz CT molecular complexity index is 1580. The predicted molar refractivity (Wildman–Crippen MR) is 154 cm³/mol. The molecule has 0 spiro atoms. The molecule has 6 nitrogen and oxygen atoms in total. The Labute approximate surface area is 232 Å². The average Bonchev–Trinajstić information content (AvgIpc) is 3.17. The number of rotatable bonds is 9. The van der Waals surface area contributed by atoms with Crippen LogP contribution in [0.25, 0.3) is 17.2 Å². The van der Waals surface area contributed by atoms with Gasteiger partial charge in [-0.05, 0) is 82.8 Å². The lowest BCUT2D eigenvalue weighted by Crippen LogP contribution is -2.37. The van der Waals surface area contributed by atoms with Gasteiger partial charge in [0.05, 0.1) is 11.3 Å². The maximum Gasteiger partial charge on any atom is 0.242 e. The minimum atomic E-state index is -3.66. The Balaban J connectivity index is 1.53. The summed E-state index contributed by atoms with van der Waals surface area (Å²) in [6, 6.07) is 20.1. The Kier molecular flexibility index (Phi) is 8.64. The van der Waals surface area contributed by atoms with Crippen LogP contribution in [0.3, 0.4) is 0 Å². The van der Waals surface area contributed by atoms with Crippen LogP contribution in [-0.2, 0) is 25.6 Å². The maximum absolute atomic E-state index is 14.3. The highest BCUT2D eigenvalue weighted by molar-refractivity contribution is 7.89. The summed E-state index contributed by atoms with van der Waals surface area (Å²) >= 11 is 0. The molecule has 0 fully saturated rings. The van der Waals surface area contributed by atoms with Gasteiger partial charge in [-0.1, -0.05) is 36.4 Å². The van der Waals surface area contributed by atoms with Gasteiger partial charge < -0.3 is 4.90 Å². The molecular formula is C30H31FN2O4S2. The topological polar surface area (TPSA) is 74.8 Å². The van der Waals surface area contributed by atoms with E-state index < -0.39 is 20.8 Å². The van der Waals surface area contributed by atoms with Crippen LogP contribution in [-0.4, -0.2) is 61.2 Å². The van der Waals surface area contributed by atoms with Gasteiger partial charge in [0.2, 0.25) is 15.9 Å². The Morgan fingerprint density at radius 1 is 0.949 bits per heavy atom. The SMILES string of the molecule is CC1=C(CC(=O)N(C)CCN(C)S(=O)(=O)c2ccccc2)c2cc(F)ccc2/C1=C\c1ccc(S(C)=O)cc1. The molecule has 1 aliphatic carbocycles. The molecule has 3 aromatic carbocycles. The molecule has 1 amide bonds. The van der Waals surface area contributed by atoms with E-state index in [1.807, 2.05) is 37.3 Å². The first kappa shape index (κ1) is 28.6. The number of likely N-dealkylation sites (N-methyl/N-ethyl adjacent to an activating group) is 2. The Morgan fingerprint density at radius 3 is 2.26 bits per heavy atom. The third-order valence-corrected chi connectivity index (χ3v) is 9.74. The normalized spacial score (nSPS) is 15.1. The van der Waals surface area contributed by atoms with E-state index in [-0.39, 0.29) is 36.1 Å². The first-order valence-electron chi connectivity index (χ1n) is 12.4. The number of halogens is 1.